The summed E-state index contributed by atoms with van der Waals surface area (Å²) in [6, 6.07) is 5.82. The lowest BCUT2D eigenvalue weighted by Crippen LogP contribution is -1.95. The van der Waals surface area contributed by atoms with Gasteiger partial charge in [0.05, 0.1) is 0 Å². The van der Waals surface area contributed by atoms with Crippen molar-refractivity contribution in [2.45, 2.75) is 13.8 Å². The number of aromatic nitrogens is 3. The summed E-state index contributed by atoms with van der Waals surface area (Å²) in [6.45, 7) is 3.70. The summed E-state index contributed by atoms with van der Waals surface area (Å²) in [7, 11) is 1.84. The molecule has 0 spiro atoms. The first kappa shape index (κ1) is 14.2. The Balaban J connectivity index is 2.08. The minimum Gasteiger partial charge on any atom is -0.415 e. The number of hydrogen-bond donors (Lipinski definition) is 0. The first-order chi connectivity index (χ1) is 10.5. The average molecular weight is 299 g/mol. The first-order valence-corrected chi connectivity index (χ1v) is 6.73. The van der Waals surface area contributed by atoms with Gasteiger partial charge >= 0.3 is 0 Å². The molecule has 2 heterocycles. The van der Waals surface area contributed by atoms with E-state index in [-0.39, 0.29) is 5.82 Å². The molecule has 0 atom stereocenters. The van der Waals surface area contributed by atoms with Crippen molar-refractivity contribution in [1.29, 1.82) is 0 Å². The fraction of sp³-hybridized carbons (Fsp3) is 0.188. The zero-order valence-electron chi connectivity index (χ0n) is 12.4. The minimum absolute atomic E-state index is 0.306. The molecule has 112 valence electrons. The van der Waals surface area contributed by atoms with Crippen LogP contribution in [0.5, 0.6) is 0 Å². The topological polar surface area (TPSA) is 60.9 Å². The number of carbonyl (C=O) groups excluding carboxylic acids is 1. The van der Waals surface area contributed by atoms with Crippen LogP contribution in [0.3, 0.4) is 0 Å². The molecule has 0 unspecified atom stereocenters. The van der Waals surface area contributed by atoms with Crippen LogP contribution in [0.25, 0.3) is 23.0 Å². The van der Waals surface area contributed by atoms with Crippen LogP contribution in [0.1, 0.15) is 21.6 Å². The molecule has 0 radical (unpaired) electrons. The van der Waals surface area contributed by atoms with Crippen molar-refractivity contribution in [3.05, 3.63) is 46.9 Å². The van der Waals surface area contributed by atoms with Crippen LogP contribution in [0.4, 0.5) is 4.39 Å². The number of rotatable bonds is 3. The van der Waals surface area contributed by atoms with Crippen molar-refractivity contribution < 1.29 is 13.6 Å². The number of aldehydes is 1. The predicted octanol–water partition coefficient (Wildman–Crippen LogP) is 3.31. The molecule has 0 amide bonds. The number of benzene rings is 1. The van der Waals surface area contributed by atoms with Gasteiger partial charge in [-0.3, -0.25) is 4.79 Å². The molecule has 0 bridgehead atoms. The van der Waals surface area contributed by atoms with Gasteiger partial charge in [-0.1, -0.05) is 0 Å². The lowest BCUT2D eigenvalue weighted by Gasteiger charge is -2.01. The molecule has 0 saturated heterocycles. The molecule has 0 N–H and O–H groups in total. The molecule has 0 aliphatic carbocycles. The second-order valence-corrected chi connectivity index (χ2v) is 5.07. The highest BCUT2D eigenvalue weighted by Crippen LogP contribution is 2.30. The van der Waals surface area contributed by atoms with Crippen LogP contribution < -0.4 is 0 Å². The maximum absolute atomic E-state index is 13.0. The Morgan fingerprint density at radius 3 is 2.36 bits per heavy atom. The first-order valence-electron chi connectivity index (χ1n) is 6.73. The van der Waals surface area contributed by atoms with Crippen LogP contribution in [0.2, 0.25) is 0 Å². The minimum atomic E-state index is -0.326. The molecule has 5 nitrogen and oxygen atoms in total. The van der Waals surface area contributed by atoms with Crippen LogP contribution in [-0.2, 0) is 7.05 Å². The van der Waals surface area contributed by atoms with Crippen LogP contribution in [0, 0.1) is 19.7 Å². The lowest BCUT2D eigenvalue weighted by atomic mass is 10.1. The van der Waals surface area contributed by atoms with Gasteiger partial charge in [-0.2, -0.15) is 0 Å². The highest BCUT2D eigenvalue weighted by molar-refractivity contribution is 5.83. The van der Waals surface area contributed by atoms with Crippen molar-refractivity contribution in [1.82, 2.24) is 14.8 Å². The maximum Gasteiger partial charge on any atom is 0.264 e. The molecule has 3 rings (SSSR count). The molecule has 0 fully saturated rings. The van der Waals surface area contributed by atoms with E-state index >= 15 is 0 Å². The highest BCUT2D eigenvalue weighted by Gasteiger charge is 2.21. The molecule has 6 heteroatoms. The third kappa shape index (κ3) is 2.13. The Bertz CT molecular complexity index is 847. The Morgan fingerprint density at radius 1 is 1.14 bits per heavy atom. The van der Waals surface area contributed by atoms with Gasteiger partial charge in [0.2, 0.25) is 5.89 Å². The van der Waals surface area contributed by atoms with Gasteiger partial charge in [0.15, 0.2) is 6.29 Å². The van der Waals surface area contributed by atoms with Gasteiger partial charge in [0.25, 0.3) is 5.89 Å². The summed E-state index contributed by atoms with van der Waals surface area (Å²) in [5.41, 5.74) is 3.60. The van der Waals surface area contributed by atoms with E-state index in [0.717, 1.165) is 17.5 Å². The van der Waals surface area contributed by atoms with E-state index in [1.165, 1.54) is 12.1 Å². The standard InChI is InChI=1S/C16H14FN3O2/c1-9-13(8-21)10(2)20(3)14(9)16-19-18-15(22-16)11-4-6-12(17)7-5-11/h4-8H,1-3H3. The Labute approximate surface area is 126 Å². The van der Waals surface area contributed by atoms with Crippen LogP contribution >= 0.6 is 0 Å². The summed E-state index contributed by atoms with van der Waals surface area (Å²) >= 11 is 0. The fourth-order valence-corrected chi connectivity index (χ4v) is 2.50. The third-order valence-corrected chi connectivity index (χ3v) is 3.82. The zero-order chi connectivity index (χ0) is 15.9. The molecular formula is C16H14FN3O2. The second-order valence-electron chi connectivity index (χ2n) is 5.07. The van der Waals surface area contributed by atoms with Crippen LogP contribution in [0.15, 0.2) is 28.7 Å². The second kappa shape index (κ2) is 5.22. The Hall–Kier alpha value is -2.76. The van der Waals surface area contributed by atoms with Gasteiger partial charge in [0, 0.05) is 23.9 Å². The van der Waals surface area contributed by atoms with Gasteiger partial charge in [-0.15, -0.1) is 10.2 Å². The number of halogens is 1. The monoisotopic (exact) mass is 299 g/mol. The Kier molecular flexibility index (Phi) is 3.36. The molecule has 2 aromatic heterocycles. The molecule has 0 aliphatic heterocycles. The van der Waals surface area contributed by atoms with E-state index < -0.39 is 0 Å². The van der Waals surface area contributed by atoms with Crippen molar-refractivity contribution in [3.8, 4) is 23.0 Å². The molecule has 0 saturated carbocycles. The summed E-state index contributed by atoms with van der Waals surface area (Å²) in [5, 5.41) is 8.05. The number of hydrogen-bond acceptors (Lipinski definition) is 4. The summed E-state index contributed by atoms with van der Waals surface area (Å²) < 4.78 is 20.5. The number of carbonyl (C=O) groups is 1. The van der Waals surface area contributed by atoms with E-state index in [1.54, 1.807) is 12.1 Å². The summed E-state index contributed by atoms with van der Waals surface area (Å²) in [6.07, 6.45) is 0.825. The largest absolute Gasteiger partial charge is 0.415 e. The molecule has 3 aromatic rings. The smallest absolute Gasteiger partial charge is 0.264 e. The van der Waals surface area contributed by atoms with Gasteiger partial charge < -0.3 is 8.98 Å². The zero-order valence-corrected chi connectivity index (χ0v) is 12.4. The quantitative estimate of drug-likeness (QED) is 0.696. The van der Waals surface area contributed by atoms with E-state index in [9.17, 15) is 9.18 Å². The van der Waals surface area contributed by atoms with Gasteiger partial charge in [0.1, 0.15) is 11.5 Å². The summed E-state index contributed by atoms with van der Waals surface area (Å²) in [4.78, 5) is 11.2. The fourth-order valence-electron chi connectivity index (χ4n) is 2.50. The van der Waals surface area contributed by atoms with E-state index in [0.29, 0.717) is 28.6 Å². The van der Waals surface area contributed by atoms with Gasteiger partial charge in [-0.05, 0) is 43.7 Å². The van der Waals surface area contributed by atoms with E-state index in [4.69, 9.17) is 4.42 Å². The lowest BCUT2D eigenvalue weighted by molar-refractivity contribution is 0.112. The molecular weight excluding hydrogens is 285 g/mol. The predicted molar refractivity (Wildman–Crippen MR) is 79.0 cm³/mol. The van der Waals surface area contributed by atoms with Gasteiger partial charge in [-0.25, -0.2) is 4.39 Å². The molecule has 1 aromatic carbocycles. The third-order valence-electron chi connectivity index (χ3n) is 3.82. The van der Waals surface area contributed by atoms with Crippen molar-refractivity contribution in [2.24, 2.45) is 7.05 Å². The number of nitrogens with zero attached hydrogens (tertiary/aromatic N) is 3. The van der Waals surface area contributed by atoms with Crippen molar-refractivity contribution in [3.63, 3.8) is 0 Å². The summed E-state index contributed by atoms with van der Waals surface area (Å²) in [5.74, 6) is 0.310. The van der Waals surface area contributed by atoms with E-state index in [1.807, 2.05) is 25.5 Å². The van der Waals surface area contributed by atoms with E-state index in [2.05, 4.69) is 10.2 Å². The van der Waals surface area contributed by atoms with Crippen LogP contribution in [-0.4, -0.2) is 21.1 Å². The van der Waals surface area contributed by atoms with Crippen molar-refractivity contribution >= 4 is 6.29 Å². The normalized spacial score (nSPS) is 10.9. The highest BCUT2D eigenvalue weighted by atomic mass is 19.1. The van der Waals surface area contributed by atoms with Crippen molar-refractivity contribution in [2.75, 3.05) is 0 Å². The molecule has 22 heavy (non-hydrogen) atoms. The average Bonchev–Trinajstić information content (AvgIpc) is 3.05. The molecule has 0 aliphatic rings. The maximum atomic E-state index is 13.0. The SMILES string of the molecule is Cc1c(C=O)c(C)n(C)c1-c1nnc(-c2ccc(F)cc2)o1. The Morgan fingerprint density at radius 2 is 1.77 bits per heavy atom.